The zero-order valence-electron chi connectivity index (χ0n) is 32.0. The van der Waals surface area contributed by atoms with E-state index in [4.69, 9.17) is 14.2 Å². The molecule has 3 amide bonds. The lowest BCUT2D eigenvalue weighted by molar-refractivity contribution is -0.271. The first-order valence-corrected chi connectivity index (χ1v) is 20.2. The number of rotatable bonds is 21. The molecule has 0 spiro atoms. The Morgan fingerprint density at radius 3 is 2.29 bits per heavy atom. The fourth-order valence-corrected chi connectivity index (χ4v) is 6.98. The van der Waals surface area contributed by atoms with Crippen molar-refractivity contribution in [2.75, 3.05) is 18.8 Å². The molecule has 2 heterocycles. The molecule has 2 fully saturated rings. The van der Waals surface area contributed by atoms with Gasteiger partial charge in [-0.15, -0.1) is 0 Å². The van der Waals surface area contributed by atoms with Crippen molar-refractivity contribution in [3.05, 3.63) is 29.3 Å². The van der Waals surface area contributed by atoms with Crippen molar-refractivity contribution >= 4 is 45.6 Å². The fourth-order valence-electron chi connectivity index (χ4n) is 6.20. The molecule has 6 N–H and O–H groups in total. The number of carbonyl (C=O) groups is 6. The van der Waals surface area contributed by atoms with Gasteiger partial charge >= 0.3 is 11.9 Å². The van der Waals surface area contributed by atoms with Gasteiger partial charge < -0.3 is 40.0 Å². The van der Waals surface area contributed by atoms with Crippen LogP contribution < -0.4 is 10.1 Å². The Kier molecular flexibility index (Phi) is 16.9. The quantitative estimate of drug-likeness (QED) is 0.0435. The number of nitrogens with one attached hydrogen (secondary N) is 1. The van der Waals surface area contributed by atoms with E-state index in [0.717, 1.165) is 0 Å². The summed E-state index contributed by atoms with van der Waals surface area (Å²) in [5.74, 6) is -6.14. The summed E-state index contributed by atoms with van der Waals surface area (Å²) in [5.41, 5.74) is 0.415. The number of Topliss-reactive ketones (excluding diaryl/α,β-unsaturated/α-hetero) is 1. The highest BCUT2D eigenvalue weighted by atomic mass is 32.2. The van der Waals surface area contributed by atoms with Crippen LogP contribution in [0.3, 0.4) is 0 Å². The molecule has 1 unspecified atom stereocenters. The van der Waals surface area contributed by atoms with E-state index in [0.29, 0.717) is 49.7 Å². The number of esters is 1. The predicted molar refractivity (Wildman–Crippen MR) is 195 cm³/mol. The highest BCUT2D eigenvalue weighted by Gasteiger charge is 2.48. The Bertz CT molecular complexity index is 1690. The second-order valence-electron chi connectivity index (χ2n) is 15.3. The largest absolute Gasteiger partial charge is 0.479 e. The molecule has 18 nitrogen and oxygen atoms in total. The number of amides is 3. The average molecular weight is 815 g/mol. The second-order valence-corrected chi connectivity index (χ2v) is 16.8. The zero-order valence-corrected chi connectivity index (χ0v) is 32.9. The predicted octanol–water partition coefficient (Wildman–Crippen LogP) is 0.904. The molecule has 0 aromatic heterocycles. The maximum absolute atomic E-state index is 13.0. The molecule has 1 aromatic carbocycles. The number of carboxylic acids is 1. The zero-order chi connectivity index (χ0) is 42.0. The molecule has 0 aliphatic carbocycles. The van der Waals surface area contributed by atoms with Crippen LogP contribution in [0.4, 0.5) is 0 Å². The van der Waals surface area contributed by atoms with Crippen molar-refractivity contribution in [2.24, 2.45) is 17.3 Å². The molecule has 0 radical (unpaired) electrons. The number of carboxylic acid groups (broad SMARTS) is 1. The van der Waals surface area contributed by atoms with Crippen molar-refractivity contribution in [3.8, 4) is 5.75 Å². The van der Waals surface area contributed by atoms with Gasteiger partial charge in [0.1, 0.15) is 36.5 Å². The number of aliphatic hydroxyl groups is 3. The summed E-state index contributed by atoms with van der Waals surface area (Å²) in [6.07, 6.45) is -6.78. The van der Waals surface area contributed by atoms with Crippen molar-refractivity contribution in [1.82, 2.24) is 10.2 Å². The Morgan fingerprint density at radius 1 is 0.982 bits per heavy atom. The van der Waals surface area contributed by atoms with Crippen molar-refractivity contribution < 1.29 is 76.4 Å². The van der Waals surface area contributed by atoms with Crippen LogP contribution in [0.2, 0.25) is 0 Å². The van der Waals surface area contributed by atoms with Crippen LogP contribution in [0.1, 0.15) is 90.2 Å². The number of carbonyl (C=O) groups excluding carboxylic acids is 5. The first-order valence-electron chi connectivity index (χ1n) is 18.6. The topological polar surface area (TPSA) is 281 Å². The number of unbranched alkanes of at least 4 members (excludes halogenated alkanes) is 3. The van der Waals surface area contributed by atoms with E-state index in [2.05, 4.69) is 5.32 Å². The number of ether oxygens (including phenoxy) is 3. The molecule has 314 valence electrons. The summed E-state index contributed by atoms with van der Waals surface area (Å²) < 4.78 is 49.2. The summed E-state index contributed by atoms with van der Waals surface area (Å²) in [4.78, 5) is 74.9. The molecule has 56 heavy (non-hydrogen) atoms. The van der Waals surface area contributed by atoms with Gasteiger partial charge in [-0.3, -0.25) is 33.4 Å². The molecular weight excluding hydrogens is 760 g/mol. The monoisotopic (exact) mass is 814 g/mol. The standard InChI is InChI=1S/C37H54N2O16S/c1-21-16-27(41)39(33(21)46)15-9-5-6-11-25(40)17-24(20-56(50,51)52)32(45)38-14-8-7-10-22-18-26(13-12-23(22)19-53-36(49)37(2,3)4)54-35-30(44)28(42)29(43)31(55-35)34(47)48/h12-13,18,21,24,28-31,35,42-44H,5-11,14-17,19-20H2,1-4H3,(H,38,45)(H,47,48)(H,50,51,52)/t21?,24-,28-,29-,30+,31-,35+/m0/s1. The second kappa shape index (κ2) is 20.4. The van der Waals surface area contributed by atoms with Gasteiger partial charge in [0.25, 0.3) is 10.1 Å². The first-order chi connectivity index (χ1) is 26.1. The van der Waals surface area contributed by atoms with Gasteiger partial charge in [0.2, 0.25) is 24.0 Å². The molecular formula is C37H54N2O16S. The number of ketones is 1. The normalized spacial score (nSPS) is 23.5. The third-order valence-electron chi connectivity index (χ3n) is 9.45. The lowest BCUT2D eigenvalue weighted by Gasteiger charge is -2.38. The number of imide groups is 1. The van der Waals surface area contributed by atoms with Crippen LogP contribution in [0, 0.1) is 17.3 Å². The number of likely N-dealkylation sites (tertiary alicyclic amines) is 1. The molecule has 7 atom stereocenters. The molecule has 19 heteroatoms. The number of hydrogen-bond donors (Lipinski definition) is 6. The number of hydrogen-bond acceptors (Lipinski definition) is 14. The number of aryl methyl sites for hydroxylation is 1. The van der Waals surface area contributed by atoms with Crippen LogP contribution in [0.5, 0.6) is 5.75 Å². The molecule has 2 aliphatic heterocycles. The van der Waals surface area contributed by atoms with Gasteiger partial charge in [-0.1, -0.05) is 19.4 Å². The maximum Gasteiger partial charge on any atom is 0.335 e. The van der Waals surface area contributed by atoms with Crippen molar-refractivity contribution in [2.45, 2.75) is 123 Å². The van der Waals surface area contributed by atoms with Crippen LogP contribution in [0.25, 0.3) is 0 Å². The Labute approximate surface area is 325 Å². The maximum atomic E-state index is 13.0. The average Bonchev–Trinajstić information content (AvgIpc) is 3.34. The fraction of sp³-hybridized carbons (Fsp3) is 0.676. The third-order valence-corrected chi connectivity index (χ3v) is 10.3. The van der Waals surface area contributed by atoms with E-state index < -0.39 is 82.2 Å². The number of nitrogens with zero attached hydrogens (tertiary/aromatic N) is 1. The van der Waals surface area contributed by atoms with Crippen molar-refractivity contribution in [1.29, 1.82) is 0 Å². The van der Waals surface area contributed by atoms with Gasteiger partial charge in [-0.25, -0.2) is 4.79 Å². The van der Waals surface area contributed by atoms with E-state index in [9.17, 15) is 62.2 Å². The molecule has 0 bridgehead atoms. The summed E-state index contributed by atoms with van der Waals surface area (Å²) >= 11 is 0. The minimum absolute atomic E-state index is 0.0399. The molecule has 3 rings (SSSR count). The van der Waals surface area contributed by atoms with Gasteiger partial charge in [-0.05, 0) is 76.1 Å². The van der Waals surface area contributed by atoms with Crippen LogP contribution in [-0.2, 0) is 61.4 Å². The first kappa shape index (κ1) is 46.4. The number of aliphatic hydroxyl groups excluding tert-OH is 3. The third kappa shape index (κ3) is 13.9. The highest BCUT2D eigenvalue weighted by Crippen LogP contribution is 2.28. The minimum atomic E-state index is -4.61. The molecule has 2 aliphatic rings. The minimum Gasteiger partial charge on any atom is -0.479 e. The smallest absolute Gasteiger partial charge is 0.335 e. The van der Waals surface area contributed by atoms with Gasteiger partial charge in [0.15, 0.2) is 6.10 Å². The van der Waals surface area contributed by atoms with E-state index in [1.54, 1.807) is 39.8 Å². The highest BCUT2D eigenvalue weighted by molar-refractivity contribution is 7.85. The number of aliphatic carboxylic acids is 1. The van der Waals surface area contributed by atoms with Gasteiger partial charge in [0, 0.05) is 38.3 Å². The summed E-state index contributed by atoms with van der Waals surface area (Å²) in [6.45, 7) is 6.97. The Hall–Kier alpha value is -4.01. The van der Waals surface area contributed by atoms with E-state index >= 15 is 0 Å². The summed E-state index contributed by atoms with van der Waals surface area (Å²) in [5, 5.41) is 42.5. The van der Waals surface area contributed by atoms with Crippen molar-refractivity contribution in [3.63, 3.8) is 0 Å². The molecule has 0 saturated carbocycles. The van der Waals surface area contributed by atoms with E-state index in [1.807, 2.05) is 0 Å². The van der Waals surface area contributed by atoms with Gasteiger partial charge in [0.05, 0.1) is 17.1 Å². The van der Waals surface area contributed by atoms with Crippen LogP contribution in [0.15, 0.2) is 18.2 Å². The van der Waals surface area contributed by atoms with E-state index in [-0.39, 0.29) is 61.8 Å². The molecule has 2 saturated heterocycles. The molecule has 1 aromatic rings. The SMILES string of the molecule is CC1CC(=O)N(CCCCCC(=O)C[C@@H](CS(=O)(=O)O)C(=O)NCCCCc2cc(O[C@@H]3O[C@H](C(=O)O)[C@@H](O)[C@H](O)[C@H]3O)ccc2COC(=O)C(C)(C)C)C1=O. The Balaban J connectivity index is 1.57. The summed E-state index contributed by atoms with van der Waals surface area (Å²) in [7, 11) is -4.61. The lowest BCUT2D eigenvalue weighted by Crippen LogP contribution is -2.61. The van der Waals surface area contributed by atoms with Crippen LogP contribution >= 0.6 is 0 Å². The van der Waals surface area contributed by atoms with Crippen LogP contribution in [-0.4, -0.2) is 123 Å². The Morgan fingerprint density at radius 2 is 1.68 bits per heavy atom. The number of benzene rings is 1. The lowest BCUT2D eigenvalue weighted by atomic mass is 9.97. The van der Waals surface area contributed by atoms with E-state index in [1.165, 1.54) is 11.0 Å². The summed E-state index contributed by atoms with van der Waals surface area (Å²) in [6, 6.07) is 4.59. The van der Waals surface area contributed by atoms with Gasteiger partial charge in [-0.2, -0.15) is 8.42 Å².